The van der Waals surface area contributed by atoms with E-state index in [0.717, 1.165) is 12.1 Å². The Hall–Kier alpha value is -2.62. The van der Waals surface area contributed by atoms with Gasteiger partial charge >= 0.3 is 0 Å². The normalized spacial score (nSPS) is 21.6. The van der Waals surface area contributed by atoms with E-state index in [0.29, 0.717) is 24.8 Å². The number of anilines is 1. The summed E-state index contributed by atoms with van der Waals surface area (Å²) in [5.74, 6) is 0.876. The third-order valence-electron chi connectivity index (χ3n) is 8.03. The van der Waals surface area contributed by atoms with Crippen molar-refractivity contribution in [3.63, 3.8) is 0 Å². The molecule has 1 heterocycles. The van der Waals surface area contributed by atoms with E-state index in [-0.39, 0.29) is 46.7 Å². The van der Waals surface area contributed by atoms with Gasteiger partial charge in [0, 0.05) is 31.2 Å². The van der Waals surface area contributed by atoms with Crippen LogP contribution >= 0.6 is 0 Å². The summed E-state index contributed by atoms with van der Waals surface area (Å²) in [6.45, 7) is 7.80. The smallest absolute Gasteiger partial charge is 0.261 e. The number of hydrogen-bond donors (Lipinski definition) is 2. The summed E-state index contributed by atoms with van der Waals surface area (Å²) in [6, 6.07) is 11.1. The first kappa shape index (κ1) is 29.4. The summed E-state index contributed by atoms with van der Waals surface area (Å²) in [5.41, 5.74) is 1.53. The third kappa shape index (κ3) is 7.32. The number of aliphatic hydroxyl groups is 1. The van der Waals surface area contributed by atoms with Gasteiger partial charge in [-0.05, 0) is 70.0 Å². The predicted molar refractivity (Wildman–Crippen MR) is 154 cm³/mol. The Morgan fingerprint density at radius 2 is 1.79 bits per heavy atom. The van der Waals surface area contributed by atoms with Crippen molar-refractivity contribution in [2.75, 3.05) is 38.0 Å². The second kappa shape index (κ2) is 12.7. The van der Waals surface area contributed by atoms with E-state index in [1.807, 2.05) is 13.8 Å². The van der Waals surface area contributed by atoms with E-state index in [1.54, 1.807) is 47.4 Å². The molecule has 2 aromatic carbocycles. The Morgan fingerprint density at radius 3 is 2.46 bits per heavy atom. The average Bonchev–Trinajstić information content (AvgIpc) is 2.91. The molecule has 2 N–H and O–H groups in total. The molecule has 0 radical (unpaired) electrons. The number of likely N-dealkylation sites (N-methyl/N-ethyl adjacent to an activating group) is 1. The molecule has 0 bridgehead atoms. The molecule has 0 saturated heterocycles. The highest BCUT2D eigenvalue weighted by atomic mass is 32.2. The highest BCUT2D eigenvalue weighted by Crippen LogP contribution is 2.32. The first-order valence-electron chi connectivity index (χ1n) is 14.1. The molecule has 0 aromatic heterocycles. The highest BCUT2D eigenvalue weighted by molar-refractivity contribution is 7.92. The molecule has 1 aliphatic carbocycles. The maximum atomic E-state index is 13.7. The molecule has 0 spiro atoms. The second-order valence-corrected chi connectivity index (χ2v) is 13.2. The Kier molecular flexibility index (Phi) is 9.56. The number of hydrogen-bond acceptors (Lipinski definition) is 6. The first-order valence-corrected chi connectivity index (χ1v) is 15.6. The number of benzene rings is 2. The largest absolute Gasteiger partial charge is 0.488 e. The topological polar surface area (TPSA) is 99.2 Å². The molecule has 0 unspecified atom stereocenters. The molecular weight excluding hydrogens is 514 g/mol. The predicted octanol–water partition coefficient (Wildman–Crippen LogP) is 4.53. The summed E-state index contributed by atoms with van der Waals surface area (Å²) in [5, 5.41) is 9.92. The molecule has 2 aliphatic rings. The lowest BCUT2D eigenvalue weighted by molar-refractivity contribution is 0.0330. The van der Waals surface area contributed by atoms with Crippen molar-refractivity contribution in [2.45, 2.75) is 69.9 Å². The number of nitrogens with one attached hydrogen (secondary N) is 1. The number of nitrogens with zero attached hydrogens (tertiary/aromatic N) is 2. The van der Waals surface area contributed by atoms with E-state index in [4.69, 9.17) is 4.74 Å². The Balaban J connectivity index is 1.60. The van der Waals surface area contributed by atoms with Crippen LogP contribution in [0.4, 0.5) is 5.69 Å². The van der Waals surface area contributed by atoms with Crippen molar-refractivity contribution < 1.29 is 23.1 Å². The monoisotopic (exact) mass is 557 g/mol. The minimum absolute atomic E-state index is 0.0321. The van der Waals surface area contributed by atoms with E-state index in [9.17, 15) is 18.3 Å². The van der Waals surface area contributed by atoms with Gasteiger partial charge in [0.05, 0.1) is 23.1 Å². The number of amides is 1. The molecular formula is C30H43N3O5S. The van der Waals surface area contributed by atoms with Crippen LogP contribution < -0.4 is 9.46 Å². The fraction of sp³-hybridized carbons (Fsp3) is 0.567. The van der Waals surface area contributed by atoms with Crippen LogP contribution in [-0.4, -0.2) is 74.7 Å². The molecule has 1 amide bonds. The minimum Gasteiger partial charge on any atom is -0.488 e. The molecule has 1 aliphatic heterocycles. The average molecular weight is 558 g/mol. The summed E-state index contributed by atoms with van der Waals surface area (Å²) in [6.07, 6.45) is 6.30. The lowest BCUT2D eigenvalue weighted by atomic mass is 9.89. The number of rotatable bonds is 9. The Bertz CT molecular complexity index is 1230. The van der Waals surface area contributed by atoms with Crippen LogP contribution in [0.15, 0.2) is 47.4 Å². The van der Waals surface area contributed by atoms with Crippen LogP contribution in [0.25, 0.3) is 0 Å². The van der Waals surface area contributed by atoms with Crippen molar-refractivity contribution in [3.05, 3.63) is 53.6 Å². The zero-order valence-electron chi connectivity index (χ0n) is 23.6. The van der Waals surface area contributed by atoms with Gasteiger partial charge < -0.3 is 19.6 Å². The summed E-state index contributed by atoms with van der Waals surface area (Å²) >= 11 is 0. The molecule has 39 heavy (non-hydrogen) atoms. The lowest BCUT2D eigenvalue weighted by Crippen LogP contribution is -2.50. The van der Waals surface area contributed by atoms with Crippen LogP contribution in [-0.2, 0) is 10.0 Å². The fourth-order valence-corrected chi connectivity index (χ4v) is 6.68. The number of fused-ring (bicyclic) bond motifs is 1. The number of aliphatic hydroxyl groups excluding tert-OH is 1. The number of sulfonamides is 1. The van der Waals surface area contributed by atoms with Gasteiger partial charge in [0.2, 0.25) is 0 Å². The fourth-order valence-electron chi connectivity index (χ4n) is 5.63. The Labute approximate surface area is 233 Å². The molecule has 4 rings (SSSR count). The second-order valence-electron chi connectivity index (χ2n) is 11.5. The van der Waals surface area contributed by atoms with E-state index in [2.05, 4.69) is 23.6 Å². The summed E-state index contributed by atoms with van der Waals surface area (Å²) in [7, 11) is -1.71. The highest BCUT2D eigenvalue weighted by Gasteiger charge is 2.34. The number of carbonyl (C=O) groups excluding carboxylic acids is 1. The van der Waals surface area contributed by atoms with Crippen molar-refractivity contribution >= 4 is 21.6 Å². The molecule has 9 heteroatoms. The maximum absolute atomic E-state index is 13.7. The van der Waals surface area contributed by atoms with Gasteiger partial charge in [0.25, 0.3) is 15.9 Å². The van der Waals surface area contributed by atoms with Crippen LogP contribution in [0, 0.1) is 18.8 Å². The van der Waals surface area contributed by atoms with Gasteiger partial charge in [0.1, 0.15) is 11.9 Å². The SMILES string of the molecule is Cc1ccc(S(=O)(=O)Nc2ccc3c(c2)C(=O)N([C@H](C)CO)C[C@H](C)[C@H](CN(C)CC2CCCCC2)O3)cc1. The molecule has 214 valence electrons. The van der Waals surface area contributed by atoms with Crippen LogP contribution in [0.5, 0.6) is 5.75 Å². The number of aryl methyl sites for hydroxylation is 1. The van der Waals surface area contributed by atoms with Crippen molar-refractivity contribution in [3.8, 4) is 5.75 Å². The van der Waals surface area contributed by atoms with E-state index >= 15 is 0 Å². The maximum Gasteiger partial charge on any atom is 0.261 e. The zero-order chi connectivity index (χ0) is 28.2. The molecule has 2 aromatic rings. The van der Waals surface area contributed by atoms with Crippen LogP contribution in [0.3, 0.4) is 0 Å². The lowest BCUT2D eigenvalue weighted by Gasteiger charge is -2.38. The van der Waals surface area contributed by atoms with E-state index < -0.39 is 10.0 Å². The third-order valence-corrected chi connectivity index (χ3v) is 9.43. The van der Waals surface area contributed by atoms with Gasteiger partial charge in [-0.3, -0.25) is 9.52 Å². The minimum atomic E-state index is -3.84. The first-order chi connectivity index (χ1) is 18.6. The molecule has 3 atom stereocenters. The van der Waals surface area contributed by atoms with Crippen LogP contribution in [0.1, 0.15) is 61.9 Å². The summed E-state index contributed by atoms with van der Waals surface area (Å²) < 4.78 is 35.1. The number of ether oxygens (including phenoxy) is 1. The van der Waals surface area contributed by atoms with E-state index in [1.165, 1.54) is 32.1 Å². The number of carbonyl (C=O) groups is 1. The molecule has 8 nitrogen and oxygen atoms in total. The Morgan fingerprint density at radius 1 is 1.10 bits per heavy atom. The van der Waals surface area contributed by atoms with Gasteiger partial charge in [0.15, 0.2) is 0 Å². The summed E-state index contributed by atoms with van der Waals surface area (Å²) in [4.78, 5) is 17.9. The van der Waals surface area contributed by atoms with Crippen LogP contribution in [0.2, 0.25) is 0 Å². The quantitative estimate of drug-likeness (QED) is 0.470. The zero-order valence-corrected chi connectivity index (χ0v) is 24.4. The van der Waals surface area contributed by atoms with Crippen molar-refractivity contribution in [1.29, 1.82) is 0 Å². The van der Waals surface area contributed by atoms with Crippen molar-refractivity contribution in [2.24, 2.45) is 11.8 Å². The van der Waals surface area contributed by atoms with Gasteiger partial charge in [-0.25, -0.2) is 8.42 Å². The van der Waals surface area contributed by atoms with Gasteiger partial charge in [-0.1, -0.05) is 43.9 Å². The molecule has 1 fully saturated rings. The van der Waals surface area contributed by atoms with Gasteiger partial charge in [-0.2, -0.15) is 0 Å². The standard InChI is InChI=1S/C30H43N3O5S/c1-21-10-13-26(14-11-21)39(36,37)31-25-12-15-28-27(16-25)30(35)33(23(3)20-34)17-22(2)29(38-28)19-32(4)18-24-8-6-5-7-9-24/h10-16,22-24,29,31,34H,5-9,17-20H2,1-4H3/t22-,23+,29-/m0/s1. The van der Waals surface area contributed by atoms with Crippen molar-refractivity contribution in [1.82, 2.24) is 9.80 Å². The van der Waals surface area contributed by atoms with Gasteiger partial charge in [-0.15, -0.1) is 0 Å². The molecule has 1 saturated carbocycles.